The Morgan fingerprint density at radius 1 is 1.36 bits per heavy atom. The van der Waals surface area contributed by atoms with Crippen molar-refractivity contribution in [3.05, 3.63) is 29.3 Å². The summed E-state index contributed by atoms with van der Waals surface area (Å²) < 4.78 is 0. The standard InChI is InChI=1S/C12H16O2/c1-2-3-4-6-10-7-5-8-11(9-13)12(10)14/h5,7-9,14H,2-4,6H2,1H3. The summed E-state index contributed by atoms with van der Waals surface area (Å²) in [5.41, 5.74) is 1.27. The minimum Gasteiger partial charge on any atom is -0.507 e. The van der Waals surface area contributed by atoms with Gasteiger partial charge in [-0.2, -0.15) is 0 Å². The van der Waals surface area contributed by atoms with E-state index >= 15 is 0 Å². The summed E-state index contributed by atoms with van der Waals surface area (Å²) in [4.78, 5) is 10.5. The molecule has 0 amide bonds. The highest BCUT2D eigenvalue weighted by Gasteiger charge is 2.04. The number of rotatable bonds is 5. The van der Waals surface area contributed by atoms with E-state index in [9.17, 15) is 9.90 Å². The maximum Gasteiger partial charge on any atom is 0.153 e. The van der Waals surface area contributed by atoms with Crippen LogP contribution in [0.2, 0.25) is 0 Å². The molecule has 0 saturated carbocycles. The second-order valence-electron chi connectivity index (χ2n) is 3.43. The molecule has 1 N–H and O–H groups in total. The molecule has 0 aliphatic rings. The summed E-state index contributed by atoms with van der Waals surface area (Å²) in [6, 6.07) is 5.31. The molecule has 1 aromatic carbocycles. The van der Waals surface area contributed by atoms with Crippen LogP contribution in [0.5, 0.6) is 5.75 Å². The smallest absolute Gasteiger partial charge is 0.153 e. The largest absolute Gasteiger partial charge is 0.507 e. The Hall–Kier alpha value is -1.31. The molecule has 0 saturated heterocycles. The fourth-order valence-corrected chi connectivity index (χ4v) is 1.47. The van der Waals surface area contributed by atoms with Gasteiger partial charge in [0.1, 0.15) is 5.75 Å². The van der Waals surface area contributed by atoms with Crippen LogP contribution in [-0.4, -0.2) is 11.4 Å². The minimum absolute atomic E-state index is 0.151. The Bertz CT molecular complexity index is 305. The zero-order chi connectivity index (χ0) is 10.4. The van der Waals surface area contributed by atoms with Crippen molar-refractivity contribution in [2.75, 3.05) is 0 Å². The van der Waals surface area contributed by atoms with E-state index in [0.29, 0.717) is 11.8 Å². The number of carbonyl (C=O) groups is 1. The summed E-state index contributed by atoms with van der Waals surface area (Å²) in [6.45, 7) is 2.14. The molecule has 0 heterocycles. The van der Waals surface area contributed by atoms with Crippen molar-refractivity contribution < 1.29 is 9.90 Å². The Morgan fingerprint density at radius 2 is 2.14 bits per heavy atom. The van der Waals surface area contributed by atoms with E-state index in [1.165, 1.54) is 0 Å². The molecule has 0 atom stereocenters. The van der Waals surface area contributed by atoms with Crippen molar-refractivity contribution in [3.63, 3.8) is 0 Å². The number of aromatic hydroxyl groups is 1. The van der Waals surface area contributed by atoms with Crippen molar-refractivity contribution in [3.8, 4) is 5.75 Å². The Morgan fingerprint density at radius 3 is 2.79 bits per heavy atom. The first-order valence-electron chi connectivity index (χ1n) is 5.05. The first-order chi connectivity index (χ1) is 6.79. The van der Waals surface area contributed by atoms with Crippen molar-refractivity contribution in [1.82, 2.24) is 0 Å². The SMILES string of the molecule is CCCCCc1cccc(C=O)c1O. The molecule has 0 spiro atoms. The molecule has 2 nitrogen and oxygen atoms in total. The van der Waals surface area contributed by atoms with Gasteiger partial charge >= 0.3 is 0 Å². The molecular weight excluding hydrogens is 176 g/mol. The van der Waals surface area contributed by atoms with E-state index < -0.39 is 0 Å². The molecule has 0 aromatic heterocycles. The van der Waals surface area contributed by atoms with Gasteiger partial charge in [-0.1, -0.05) is 31.9 Å². The van der Waals surface area contributed by atoms with Gasteiger partial charge in [0.05, 0.1) is 5.56 Å². The summed E-state index contributed by atoms with van der Waals surface area (Å²) in [5.74, 6) is 0.151. The van der Waals surface area contributed by atoms with Gasteiger partial charge in [-0.3, -0.25) is 4.79 Å². The number of unbranched alkanes of at least 4 members (excludes halogenated alkanes) is 2. The van der Waals surface area contributed by atoms with Crippen molar-refractivity contribution >= 4 is 6.29 Å². The second-order valence-corrected chi connectivity index (χ2v) is 3.43. The van der Waals surface area contributed by atoms with Crippen molar-refractivity contribution in [1.29, 1.82) is 0 Å². The maximum atomic E-state index is 10.5. The lowest BCUT2D eigenvalue weighted by Crippen LogP contribution is -1.90. The Kier molecular flexibility index (Phi) is 4.17. The van der Waals surface area contributed by atoms with Gasteiger partial charge in [0, 0.05) is 0 Å². The van der Waals surface area contributed by atoms with Crippen LogP contribution in [0.1, 0.15) is 42.1 Å². The normalized spacial score (nSPS) is 10.1. The molecule has 76 valence electrons. The molecule has 1 rings (SSSR count). The van der Waals surface area contributed by atoms with Crippen LogP contribution in [-0.2, 0) is 6.42 Å². The highest BCUT2D eigenvalue weighted by molar-refractivity contribution is 5.79. The quantitative estimate of drug-likeness (QED) is 0.575. The molecule has 2 heteroatoms. The molecule has 0 aliphatic heterocycles. The number of aryl methyl sites for hydroxylation is 1. The molecule has 0 bridgehead atoms. The van der Waals surface area contributed by atoms with Crippen LogP contribution < -0.4 is 0 Å². The number of hydrogen-bond donors (Lipinski definition) is 1. The molecular formula is C12H16O2. The predicted molar refractivity (Wildman–Crippen MR) is 56.7 cm³/mol. The summed E-state index contributed by atoms with van der Waals surface area (Å²) in [7, 11) is 0. The predicted octanol–water partition coefficient (Wildman–Crippen LogP) is 2.94. The molecule has 0 fully saturated rings. The second kappa shape index (κ2) is 5.43. The third-order valence-corrected chi connectivity index (χ3v) is 2.33. The van der Waals surface area contributed by atoms with E-state index in [-0.39, 0.29) is 5.75 Å². The van der Waals surface area contributed by atoms with E-state index in [2.05, 4.69) is 6.92 Å². The number of hydrogen-bond acceptors (Lipinski definition) is 2. The van der Waals surface area contributed by atoms with Gasteiger partial charge in [0.2, 0.25) is 0 Å². The Labute approximate surface area is 84.6 Å². The number of benzene rings is 1. The van der Waals surface area contributed by atoms with Gasteiger partial charge in [-0.25, -0.2) is 0 Å². The monoisotopic (exact) mass is 192 g/mol. The van der Waals surface area contributed by atoms with E-state index in [4.69, 9.17) is 0 Å². The van der Waals surface area contributed by atoms with Gasteiger partial charge < -0.3 is 5.11 Å². The van der Waals surface area contributed by atoms with Crippen LogP contribution in [0.25, 0.3) is 0 Å². The number of aldehydes is 1. The number of carbonyl (C=O) groups excluding carboxylic acids is 1. The zero-order valence-corrected chi connectivity index (χ0v) is 8.49. The Balaban J connectivity index is 2.71. The third-order valence-electron chi connectivity index (χ3n) is 2.33. The highest BCUT2D eigenvalue weighted by Crippen LogP contribution is 2.22. The van der Waals surface area contributed by atoms with Crippen LogP contribution in [0.3, 0.4) is 0 Å². The summed E-state index contributed by atoms with van der Waals surface area (Å²) in [5, 5.41) is 9.66. The zero-order valence-electron chi connectivity index (χ0n) is 8.49. The fourth-order valence-electron chi connectivity index (χ4n) is 1.47. The summed E-state index contributed by atoms with van der Waals surface area (Å²) >= 11 is 0. The van der Waals surface area contributed by atoms with Crippen LogP contribution >= 0.6 is 0 Å². The fraction of sp³-hybridized carbons (Fsp3) is 0.417. The molecule has 14 heavy (non-hydrogen) atoms. The first kappa shape index (κ1) is 10.8. The highest BCUT2D eigenvalue weighted by atomic mass is 16.3. The van der Waals surface area contributed by atoms with Crippen LogP contribution in [0.15, 0.2) is 18.2 Å². The lowest BCUT2D eigenvalue weighted by molar-refractivity contribution is 0.112. The number of phenols is 1. The molecule has 0 unspecified atom stereocenters. The van der Waals surface area contributed by atoms with E-state index in [0.717, 1.165) is 31.2 Å². The van der Waals surface area contributed by atoms with Gasteiger partial charge in [0.25, 0.3) is 0 Å². The van der Waals surface area contributed by atoms with Crippen molar-refractivity contribution in [2.45, 2.75) is 32.6 Å². The molecule has 0 radical (unpaired) electrons. The van der Waals surface area contributed by atoms with Crippen LogP contribution in [0, 0.1) is 0 Å². The van der Waals surface area contributed by atoms with E-state index in [1.54, 1.807) is 6.07 Å². The number of para-hydroxylation sites is 1. The number of phenolic OH excluding ortho intramolecular Hbond substituents is 1. The minimum atomic E-state index is 0.151. The average molecular weight is 192 g/mol. The van der Waals surface area contributed by atoms with Crippen LogP contribution in [0.4, 0.5) is 0 Å². The lowest BCUT2D eigenvalue weighted by atomic mass is 10.0. The first-order valence-corrected chi connectivity index (χ1v) is 5.05. The van der Waals surface area contributed by atoms with E-state index in [1.807, 2.05) is 12.1 Å². The van der Waals surface area contributed by atoms with Gasteiger partial charge in [-0.05, 0) is 24.5 Å². The van der Waals surface area contributed by atoms with Gasteiger partial charge in [0.15, 0.2) is 6.29 Å². The summed E-state index contributed by atoms with van der Waals surface area (Å²) in [6.07, 6.45) is 4.92. The van der Waals surface area contributed by atoms with Gasteiger partial charge in [-0.15, -0.1) is 0 Å². The third kappa shape index (κ3) is 2.59. The molecule has 0 aliphatic carbocycles. The maximum absolute atomic E-state index is 10.5. The van der Waals surface area contributed by atoms with Crippen molar-refractivity contribution in [2.24, 2.45) is 0 Å². The topological polar surface area (TPSA) is 37.3 Å². The lowest BCUT2D eigenvalue weighted by Gasteiger charge is -2.05. The molecule has 1 aromatic rings. The average Bonchev–Trinajstić information content (AvgIpc) is 2.21.